The zero-order chi connectivity index (χ0) is 19.4. The number of benzene rings is 2. The third-order valence-electron chi connectivity index (χ3n) is 4.41. The van der Waals surface area contributed by atoms with E-state index in [0.717, 1.165) is 16.5 Å². The molecule has 5 heteroatoms. The van der Waals surface area contributed by atoms with Crippen LogP contribution in [-0.2, 0) is 11.3 Å². The predicted molar refractivity (Wildman–Crippen MR) is 106 cm³/mol. The first-order valence-electron chi connectivity index (χ1n) is 9.08. The Morgan fingerprint density at radius 2 is 1.70 bits per heavy atom. The number of hydrogen-bond acceptors (Lipinski definition) is 2. The fourth-order valence-electron chi connectivity index (χ4n) is 3.32. The van der Waals surface area contributed by atoms with Gasteiger partial charge in [0.05, 0.1) is 5.56 Å². The van der Waals surface area contributed by atoms with Crippen LogP contribution in [0.5, 0.6) is 0 Å². The van der Waals surface area contributed by atoms with Crippen LogP contribution >= 0.6 is 0 Å². The van der Waals surface area contributed by atoms with Crippen molar-refractivity contribution in [2.24, 2.45) is 5.92 Å². The van der Waals surface area contributed by atoms with Gasteiger partial charge in [-0.2, -0.15) is 0 Å². The van der Waals surface area contributed by atoms with Gasteiger partial charge in [0.2, 0.25) is 0 Å². The van der Waals surface area contributed by atoms with Crippen LogP contribution in [0.25, 0.3) is 10.9 Å². The van der Waals surface area contributed by atoms with E-state index in [-0.39, 0.29) is 18.4 Å². The molecule has 3 aromatic rings. The van der Waals surface area contributed by atoms with Crippen molar-refractivity contribution >= 4 is 22.8 Å². The van der Waals surface area contributed by atoms with Gasteiger partial charge in [0.1, 0.15) is 6.54 Å². The monoisotopic (exact) mass is 364 g/mol. The number of fused-ring (bicyclic) bond motifs is 1. The largest absolute Gasteiger partial charge is 0.480 e. The van der Waals surface area contributed by atoms with Gasteiger partial charge in [0.15, 0.2) is 0 Å². The molecule has 0 aliphatic rings. The average Bonchev–Trinajstić information content (AvgIpc) is 2.99. The second-order valence-corrected chi connectivity index (χ2v) is 7.15. The molecule has 1 aromatic heterocycles. The normalized spacial score (nSPS) is 11.1. The van der Waals surface area contributed by atoms with E-state index >= 15 is 0 Å². The Balaban J connectivity index is 2.00. The minimum atomic E-state index is -1.00. The number of hydrogen-bond donors (Lipinski definition) is 1. The van der Waals surface area contributed by atoms with E-state index in [1.54, 1.807) is 0 Å². The molecule has 0 saturated carbocycles. The molecule has 27 heavy (non-hydrogen) atoms. The summed E-state index contributed by atoms with van der Waals surface area (Å²) in [6, 6.07) is 17.8. The maximum atomic E-state index is 13.1. The van der Waals surface area contributed by atoms with Crippen molar-refractivity contribution in [2.45, 2.75) is 20.4 Å². The van der Waals surface area contributed by atoms with Gasteiger partial charge in [-0.1, -0.05) is 62.4 Å². The van der Waals surface area contributed by atoms with Gasteiger partial charge in [-0.05, 0) is 17.5 Å². The fourth-order valence-corrected chi connectivity index (χ4v) is 3.32. The minimum absolute atomic E-state index is 0.186. The number of carboxylic acid groups (broad SMARTS) is 1. The van der Waals surface area contributed by atoms with Crippen LogP contribution in [0.2, 0.25) is 0 Å². The van der Waals surface area contributed by atoms with Crippen molar-refractivity contribution in [1.82, 2.24) is 9.47 Å². The Kier molecular flexibility index (Phi) is 5.60. The summed E-state index contributed by atoms with van der Waals surface area (Å²) >= 11 is 0. The van der Waals surface area contributed by atoms with Crippen molar-refractivity contribution < 1.29 is 14.7 Å². The number of rotatable bonds is 7. The molecule has 0 atom stereocenters. The second-order valence-electron chi connectivity index (χ2n) is 7.15. The summed E-state index contributed by atoms with van der Waals surface area (Å²) in [5.41, 5.74) is 2.65. The Labute approximate surface area is 158 Å². The molecule has 0 unspecified atom stereocenters. The lowest BCUT2D eigenvalue weighted by Gasteiger charge is -2.22. The van der Waals surface area contributed by atoms with E-state index in [1.807, 2.05) is 79.2 Å². The molecule has 0 spiro atoms. The summed E-state index contributed by atoms with van der Waals surface area (Å²) in [5.74, 6) is -1.06. The maximum Gasteiger partial charge on any atom is 0.323 e. The molecule has 5 nitrogen and oxygen atoms in total. The zero-order valence-electron chi connectivity index (χ0n) is 15.6. The van der Waals surface area contributed by atoms with Crippen LogP contribution in [0, 0.1) is 5.92 Å². The van der Waals surface area contributed by atoms with E-state index in [1.165, 1.54) is 4.90 Å². The second kappa shape index (κ2) is 8.08. The number of carbonyl (C=O) groups is 2. The van der Waals surface area contributed by atoms with Crippen LogP contribution in [0.3, 0.4) is 0 Å². The minimum Gasteiger partial charge on any atom is -0.480 e. The number of amides is 1. The van der Waals surface area contributed by atoms with Crippen molar-refractivity contribution in [3.63, 3.8) is 0 Å². The third-order valence-corrected chi connectivity index (χ3v) is 4.41. The van der Waals surface area contributed by atoms with Crippen molar-refractivity contribution in [2.75, 3.05) is 13.1 Å². The fraction of sp³-hybridized carbons (Fsp3) is 0.273. The highest BCUT2D eigenvalue weighted by atomic mass is 16.4. The molecule has 0 aliphatic heterocycles. The van der Waals surface area contributed by atoms with Crippen LogP contribution in [-0.4, -0.2) is 39.5 Å². The molecule has 0 saturated heterocycles. The highest BCUT2D eigenvalue weighted by Gasteiger charge is 2.23. The molecule has 1 amide bonds. The first-order chi connectivity index (χ1) is 13.0. The molecule has 140 valence electrons. The van der Waals surface area contributed by atoms with Gasteiger partial charge in [0, 0.05) is 30.2 Å². The summed E-state index contributed by atoms with van der Waals surface area (Å²) < 4.78 is 2.05. The molecular formula is C22H24N2O3. The van der Waals surface area contributed by atoms with E-state index in [4.69, 9.17) is 0 Å². The maximum absolute atomic E-state index is 13.1. The van der Waals surface area contributed by atoms with Gasteiger partial charge >= 0.3 is 5.97 Å². The quantitative estimate of drug-likeness (QED) is 0.692. The molecule has 1 N–H and O–H groups in total. The van der Waals surface area contributed by atoms with Crippen LogP contribution in [0.4, 0.5) is 0 Å². The van der Waals surface area contributed by atoms with E-state index in [9.17, 15) is 14.7 Å². The Hall–Kier alpha value is -3.08. The number of carbonyl (C=O) groups excluding carboxylic acids is 1. The number of nitrogens with zero attached hydrogens (tertiary/aromatic N) is 2. The number of aliphatic carboxylic acids is 1. The van der Waals surface area contributed by atoms with Gasteiger partial charge in [-0.25, -0.2) is 0 Å². The number of aromatic nitrogens is 1. The van der Waals surface area contributed by atoms with E-state index in [0.29, 0.717) is 18.7 Å². The first kappa shape index (κ1) is 18.7. The Bertz CT molecular complexity index is 945. The molecule has 0 fully saturated rings. The van der Waals surface area contributed by atoms with E-state index < -0.39 is 5.97 Å². The number of para-hydroxylation sites is 1. The summed E-state index contributed by atoms with van der Waals surface area (Å²) in [6.45, 7) is 4.71. The standard InChI is InChI=1S/C22H24N2O3/c1-16(2)12-24(15-21(25)26)22(27)19-14-23(13-17-8-4-3-5-9-17)20-11-7-6-10-18(19)20/h3-11,14,16H,12-13,15H2,1-2H3,(H,25,26). The lowest BCUT2D eigenvalue weighted by atomic mass is 10.1. The van der Waals surface area contributed by atoms with E-state index in [2.05, 4.69) is 0 Å². The molecule has 0 aliphatic carbocycles. The molecule has 3 rings (SSSR count). The first-order valence-corrected chi connectivity index (χ1v) is 9.08. The molecule has 2 aromatic carbocycles. The SMILES string of the molecule is CC(C)CN(CC(=O)O)C(=O)c1cn(Cc2ccccc2)c2ccccc12. The van der Waals surface area contributed by atoms with Crippen LogP contribution < -0.4 is 0 Å². The van der Waals surface area contributed by atoms with Crippen molar-refractivity contribution in [3.05, 3.63) is 71.9 Å². The molecule has 1 heterocycles. The molecular weight excluding hydrogens is 340 g/mol. The van der Waals surface area contributed by atoms with Gasteiger partial charge < -0.3 is 14.6 Å². The summed E-state index contributed by atoms with van der Waals surface area (Å²) in [7, 11) is 0. The predicted octanol–water partition coefficient (Wildman–Crippen LogP) is 3.87. The lowest BCUT2D eigenvalue weighted by Crippen LogP contribution is -2.38. The highest BCUT2D eigenvalue weighted by molar-refractivity contribution is 6.07. The highest BCUT2D eigenvalue weighted by Crippen LogP contribution is 2.24. The van der Waals surface area contributed by atoms with Gasteiger partial charge in [-0.15, -0.1) is 0 Å². The Morgan fingerprint density at radius 3 is 2.37 bits per heavy atom. The lowest BCUT2D eigenvalue weighted by molar-refractivity contribution is -0.137. The summed E-state index contributed by atoms with van der Waals surface area (Å²) in [4.78, 5) is 25.8. The number of carboxylic acids is 1. The van der Waals surface area contributed by atoms with Crippen molar-refractivity contribution in [1.29, 1.82) is 0 Å². The van der Waals surface area contributed by atoms with Crippen LogP contribution in [0.15, 0.2) is 60.8 Å². The van der Waals surface area contributed by atoms with Crippen molar-refractivity contribution in [3.8, 4) is 0 Å². The smallest absolute Gasteiger partial charge is 0.323 e. The average molecular weight is 364 g/mol. The van der Waals surface area contributed by atoms with Gasteiger partial charge in [0.25, 0.3) is 5.91 Å². The van der Waals surface area contributed by atoms with Crippen LogP contribution in [0.1, 0.15) is 29.8 Å². The summed E-state index contributed by atoms with van der Waals surface area (Å²) in [5, 5.41) is 10.1. The summed E-state index contributed by atoms with van der Waals surface area (Å²) in [6.07, 6.45) is 1.84. The Morgan fingerprint density at radius 1 is 1.04 bits per heavy atom. The zero-order valence-corrected chi connectivity index (χ0v) is 15.6. The third kappa shape index (κ3) is 4.37. The van der Waals surface area contributed by atoms with Gasteiger partial charge in [-0.3, -0.25) is 9.59 Å². The molecule has 0 bridgehead atoms. The topological polar surface area (TPSA) is 62.5 Å². The molecule has 0 radical (unpaired) electrons.